The molecule has 0 saturated carbocycles. The molecule has 0 radical (unpaired) electrons. The van der Waals surface area contributed by atoms with Crippen LogP contribution in [0.15, 0.2) is 223 Å². The Hall–Kier alpha value is -7.35. The van der Waals surface area contributed by atoms with Crippen molar-refractivity contribution in [3.8, 4) is 89.0 Å². The van der Waals surface area contributed by atoms with Gasteiger partial charge < -0.3 is 18.6 Å². The summed E-state index contributed by atoms with van der Waals surface area (Å²) in [7, 11) is -0.952. The summed E-state index contributed by atoms with van der Waals surface area (Å²) >= 11 is 3.58. The van der Waals surface area contributed by atoms with Crippen LogP contribution in [-0.4, -0.2) is 36.4 Å². The molecule has 2 fully saturated rings. The Morgan fingerprint density at radius 2 is 0.430 bits per heavy atom. The molecule has 10 aromatic rings. The molecule has 0 unspecified atom stereocenters. The van der Waals surface area contributed by atoms with Crippen LogP contribution in [0.1, 0.15) is 279 Å². The molecule has 2 aliphatic heterocycles. The van der Waals surface area contributed by atoms with E-state index in [2.05, 4.69) is 283 Å². The third-order valence-electron chi connectivity index (χ3n) is 24.2. The first-order chi connectivity index (χ1) is 54.1. The minimum atomic E-state index is -0.476. The summed E-state index contributed by atoms with van der Waals surface area (Å²) in [5.41, 5.74) is 30.0. The van der Waals surface area contributed by atoms with Crippen molar-refractivity contribution in [2.24, 2.45) is 0 Å². The van der Waals surface area contributed by atoms with Gasteiger partial charge in [0.25, 0.3) is 0 Å². The van der Waals surface area contributed by atoms with Crippen molar-refractivity contribution in [3.63, 3.8) is 0 Å². The number of unbranched alkanes of at least 4 members (excludes halogenated alkanes) is 14. The van der Waals surface area contributed by atoms with E-state index in [9.17, 15) is 0 Å². The minimum Gasteiger partial charge on any atom is -0.405 e. The van der Waals surface area contributed by atoms with Crippen molar-refractivity contribution in [1.82, 2.24) is 0 Å². The van der Waals surface area contributed by atoms with E-state index in [1.807, 2.05) is 55.4 Å². The monoisotopic (exact) mass is 1590 g/mol. The lowest BCUT2D eigenvalue weighted by atomic mass is 9.49. The van der Waals surface area contributed by atoms with Gasteiger partial charge in [-0.15, -0.1) is 0 Å². The lowest BCUT2D eigenvalue weighted by Crippen LogP contribution is -2.41. The molecular weight excluding hydrogens is 1450 g/mol. The molecule has 0 bridgehead atoms. The molecule has 0 N–H and O–H groups in total. The minimum absolute atomic E-state index is 0. The second-order valence-corrected chi connectivity index (χ2v) is 35.0. The van der Waals surface area contributed by atoms with Crippen molar-refractivity contribution in [2.75, 3.05) is 0 Å². The molecular formula is C107H141B2BrO4. The maximum atomic E-state index is 5.96. The summed E-state index contributed by atoms with van der Waals surface area (Å²) in [4.78, 5) is 0. The summed E-state index contributed by atoms with van der Waals surface area (Å²) in [6.45, 7) is 32.1. The normalized spacial score (nSPS) is 14.3. The van der Waals surface area contributed by atoms with Gasteiger partial charge in [-0.1, -0.05) is 374 Å². The van der Waals surface area contributed by atoms with Gasteiger partial charge >= 0.3 is 14.0 Å². The average Bonchev–Trinajstić information content (AvgIpc) is 1.56. The van der Waals surface area contributed by atoms with E-state index < -0.39 is 14.0 Å². The Morgan fingerprint density at radius 3 is 0.649 bits per heavy atom. The first-order valence-electron chi connectivity index (χ1n) is 43.5. The van der Waals surface area contributed by atoms with Crippen LogP contribution in [0, 0.1) is 6.92 Å². The Bertz CT molecular complexity index is 4140. The van der Waals surface area contributed by atoms with E-state index in [0.717, 1.165) is 30.2 Å². The van der Waals surface area contributed by atoms with Crippen LogP contribution >= 0.6 is 15.9 Å². The van der Waals surface area contributed by atoms with Gasteiger partial charge in [0, 0.05) is 4.47 Å². The molecule has 7 heteroatoms. The Morgan fingerprint density at radius 1 is 0.237 bits per heavy atom. The number of benzene rings is 10. The van der Waals surface area contributed by atoms with Gasteiger partial charge in [0.1, 0.15) is 0 Å². The largest absolute Gasteiger partial charge is 0.488 e. The third-order valence-corrected chi connectivity index (χ3v) is 24.7. The van der Waals surface area contributed by atoms with E-state index in [0.29, 0.717) is 0 Å². The molecule has 0 aromatic heterocycles. The smallest absolute Gasteiger partial charge is 0.405 e. The molecule has 606 valence electrons. The van der Waals surface area contributed by atoms with Crippen molar-refractivity contribution in [2.45, 2.75) is 308 Å². The SMILES string of the molecule is C.C.CC1(C)OB(B2OC(C)(C)C(C)(C)O2)OC1(C)C.CCCCCCc1cc(-c2ccc(-c3ccc(CCCC)cc3)cc2)c(CCCCCC)cc1-c1ccc(-c2ccc(Br)cc2)cc1.CCCCCCc1cc(-c2ccc(-c3ccc(CCCC)cc3)cc2)c(CCCCCC)cc1-c1ccc(-c2ccc(C)cc2)cc1. The lowest BCUT2D eigenvalue weighted by molar-refractivity contribution is 0.00578. The molecule has 114 heavy (non-hydrogen) atoms. The van der Waals surface area contributed by atoms with Crippen LogP contribution < -0.4 is 0 Å². The molecule has 2 saturated heterocycles. The van der Waals surface area contributed by atoms with Crippen LogP contribution in [0.25, 0.3) is 89.0 Å². The van der Waals surface area contributed by atoms with Crippen molar-refractivity contribution < 1.29 is 18.6 Å². The number of hydrogen-bond donors (Lipinski definition) is 0. The molecule has 0 aliphatic carbocycles. The molecule has 10 aromatic carbocycles. The highest BCUT2D eigenvalue weighted by Gasteiger charge is 2.63. The fourth-order valence-corrected chi connectivity index (χ4v) is 15.8. The summed E-state index contributed by atoms with van der Waals surface area (Å²) in [5, 5.41) is 0. The van der Waals surface area contributed by atoms with E-state index >= 15 is 0 Å². The summed E-state index contributed by atoms with van der Waals surface area (Å²) in [6.07, 6.45) is 32.2. The number of rotatable bonds is 35. The second kappa shape index (κ2) is 44.8. The van der Waals surface area contributed by atoms with Gasteiger partial charge in [-0.2, -0.15) is 0 Å². The van der Waals surface area contributed by atoms with Crippen LogP contribution in [0.2, 0.25) is 0 Å². The van der Waals surface area contributed by atoms with Crippen molar-refractivity contribution >= 4 is 29.9 Å². The van der Waals surface area contributed by atoms with E-state index in [1.165, 1.54) is 269 Å². The number of halogens is 1. The lowest BCUT2D eigenvalue weighted by Gasteiger charge is -2.32. The van der Waals surface area contributed by atoms with E-state index in [1.54, 1.807) is 0 Å². The van der Waals surface area contributed by atoms with Gasteiger partial charge in [0.05, 0.1) is 22.4 Å². The van der Waals surface area contributed by atoms with Gasteiger partial charge in [0.15, 0.2) is 0 Å². The predicted octanol–water partition coefficient (Wildman–Crippen LogP) is 32.5. The zero-order valence-electron chi connectivity index (χ0n) is 71.3. The van der Waals surface area contributed by atoms with E-state index in [-0.39, 0.29) is 37.3 Å². The fourth-order valence-electron chi connectivity index (χ4n) is 15.5. The van der Waals surface area contributed by atoms with Crippen molar-refractivity contribution in [1.29, 1.82) is 0 Å². The van der Waals surface area contributed by atoms with E-state index in [4.69, 9.17) is 18.6 Å². The van der Waals surface area contributed by atoms with Crippen LogP contribution in [0.4, 0.5) is 0 Å². The Labute approximate surface area is 702 Å². The topological polar surface area (TPSA) is 36.9 Å². The van der Waals surface area contributed by atoms with Gasteiger partial charge in [-0.05, 0) is 274 Å². The quantitative estimate of drug-likeness (QED) is 0.0293. The predicted molar refractivity (Wildman–Crippen MR) is 503 cm³/mol. The van der Waals surface area contributed by atoms with Crippen LogP contribution in [0.3, 0.4) is 0 Å². The summed E-state index contributed by atoms with van der Waals surface area (Å²) in [5.74, 6) is 0. The summed E-state index contributed by atoms with van der Waals surface area (Å²) in [6, 6.07) is 83.5. The molecule has 0 spiro atoms. The van der Waals surface area contributed by atoms with Crippen LogP contribution in [0.5, 0.6) is 0 Å². The maximum Gasteiger partial charge on any atom is 0.488 e. The number of hydrogen-bond acceptors (Lipinski definition) is 4. The number of aryl methyl sites for hydroxylation is 7. The molecule has 2 aliphatic rings. The maximum absolute atomic E-state index is 5.96. The fraction of sp³-hybridized carbons (Fsp3) is 0.439. The second-order valence-electron chi connectivity index (χ2n) is 34.1. The first-order valence-corrected chi connectivity index (χ1v) is 44.3. The molecule has 4 nitrogen and oxygen atoms in total. The summed E-state index contributed by atoms with van der Waals surface area (Å²) < 4.78 is 25.0. The molecule has 0 amide bonds. The first kappa shape index (κ1) is 92.2. The highest BCUT2D eigenvalue weighted by Crippen LogP contribution is 2.45. The highest BCUT2D eigenvalue weighted by atomic mass is 79.9. The average molecular weight is 1590 g/mol. The van der Waals surface area contributed by atoms with Gasteiger partial charge in [-0.3, -0.25) is 0 Å². The molecule has 2 heterocycles. The molecule has 12 rings (SSSR count). The van der Waals surface area contributed by atoms with Crippen molar-refractivity contribution in [3.05, 3.63) is 262 Å². The van der Waals surface area contributed by atoms with Crippen LogP contribution in [-0.2, 0) is 57.1 Å². The van der Waals surface area contributed by atoms with Gasteiger partial charge in [0.2, 0.25) is 0 Å². The molecule has 0 atom stereocenters. The van der Waals surface area contributed by atoms with Gasteiger partial charge in [-0.25, -0.2) is 0 Å². The zero-order valence-corrected chi connectivity index (χ0v) is 72.9. The standard InChI is InChI=1S/C47H56.C46H53Br.C12H24B2O4.2CH4/c1-5-8-11-13-16-44-35-47(43-32-28-41(29-33-43)39-24-20-37(21-25-39)15-10-7-3)45(17-14-12-9-6-2)34-46(44)42-30-26-40(27-31-42)38-22-18-36(4)19-23-38;1-4-7-10-12-15-42-34-46(41-27-23-38(24-28-41)39-29-31-44(47)32-30-39)43(16-13-11-8-5-2)33-45(42)40-25-21-37(22-26-40)36-19-17-35(18-20-36)14-9-6-3;1-9(2)10(3,4)16-13(15-9)14-17-11(5,6)12(7,8)18-14;;/h18-35H,5-17H2,1-4H3;17-34H,4-16H2,1-3H3;1-8H3;2*1H4. The zero-order chi connectivity index (χ0) is 79.7. The highest BCUT2D eigenvalue weighted by molar-refractivity contribution is 9.10. The Balaban J connectivity index is 0.000000231. The third kappa shape index (κ3) is 25.3. The Kier molecular flexibility index (Phi) is 36.2.